The van der Waals surface area contributed by atoms with Crippen molar-refractivity contribution in [1.82, 2.24) is 10.6 Å². The molecule has 104 valence electrons. The molecule has 0 bridgehead atoms. The first-order chi connectivity index (χ1) is 9.25. The molecule has 1 heterocycles. The van der Waals surface area contributed by atoms with Crippen LogP contribution in [0.3, 0.4) is 0 Å². The second-order valence-electron chi connectivity index (χ2n) is 4.96. The lowest BCUT2D eigenvalue weighted by atomic mass is 10.1. The number of thioether (sulfide) groups is 1. The third-order valence-corrected chi connectivity index (χ3v) is 4.79. The lowest BCUT2D eigenvalue weighted by Crippen LogP contribution is -2.32. The molecule has 1 aromatic rings. The van der Waals surface area contributed by atoms with Gasteiger partial charge in [0, 0.05) is 5.25 Å². The van der Waals surface area contributed by atoms with Gasteiger partial charge >= 0.3 is 0 Å². The molecule has 2 rings (SSSR count). The van der Waals surface area contributed by atoms with E-state index in [1.165, 1.54) is 12.8 Å². The van der Waals surface area contributed by atoms with E-state index in [0.717, 1.165) is 18.7 Å². The van der Waals surface area contributed by atoms with E-state index in [1.807, 2.05) is 37.3 Å². The van der Waals surface area contributed by atoms with Crippen LogP contribution in [0.5, 0.6) is 0 Å². The number of benzene rings is 1. The Hall–Kier alpha value is -1.00. The monoisotopic (exact) mass is 278 g/mol. The van der Waals surface area contributed by atoms with E-state index in [1.54, 1.807) is 11.8 Å². The Kier molecular flexibility index (Phi) is 5.73. The van der Waals surface area contributed by atoms with Gasteiger partial charge in [0.1, 0.15) is 0 Å². The first kappa shape index (κ1) is 14.4. The largest absolute Gasteiger partial charge is 0.349 e. The summed E-state index contributed by atoms with van der Waals surface area (Å²) in [5.41, 5.74) is 1.16. The Balaban J connectivity index is 1.71. The maximum Gasteiger partial charge on any atom is 0.230 e. The summed E-state index contributed by atoms with van der Waals surface area (Å²) in [6.45, 7) is 4.20. The van der Waals surface area contributed by atoms with Crippen molar-refractivity contribution in [3.63, 3.8) is 0 Å². The van der Waals surface area contributed by atoms with Crippen LogP contribution in [0.4, 0.5) is 0 Å². The van der Waals surface area contributed by atoms with Crippen molar-refractivity contribution in [2.75, 3.05) is 18.8 Å². The molecule has 2 N–H and O–H groups in total. The van der Waals surface area contributed by atoms with Crippen molar-refractivity contribution in [3.8, 4) is 0 Å². The molecule has 0 saturated carbocycles. The molecule has 0 radical (unpaired) electrons. The molecule has 19 heavy (non-hydrogen) atoms. The van der Waals surface area contributed by atoms with E-state index in [9.17, 15) is 4.79 Å². The Morgan fingerprint density at radius 3 is 2.74 bits per heavy atom. The molecule has 0 spiro atoms. The molecule has 1 aromatic carbocycles. The smallest absolute Gasteiger partial charge is 0.230 e. The van der Waals surface area contributed by atoms with Gasteiger partial charge in [-0.05, 0) is 38.4 Å². The molecular formula is C15H22N2OS. The van der Waals surface area contributed by atoms with Crippen LogP contribution >= 0.6 is 11.8 Å². The van der Waals surface area contributed by atoms with E-state index >= 15 is 0 Å². The zero-order chi connectivity index (χ0) is 13.5. The van der Waals surface area contributed by atoms with E-state index in [4.69, 9.17) is 0 Å². The Bertz CT molecular complexity index is 390. The maximum absolute atomic E-state index is 11.9. The number of amides is 1. The van der Waals surface area contributed by atoms with Crippen LogP contribution in [0.2, 0.25) is 0 Å². The normalized spacial score (nSPS) is 17.9. The number of hydrogen-bond acceptors (Lipinski definition) is 3. The Labute approximate surface area is 119 Å². The van der Waals surface area contributed by atoms with Crippen LogP contribution in [0.25, 0.3) is 0 Å². The average Bonchev–Trinajstić information content (AvgIpc) is 2.47. The summed E-state index contributed by atoms with van der Waals surface area (Å²) >= 11 is 1.79. The lowest BCUT2D eigenvalue weighted by Gasteiger charge is -2.22. The number of carbonyl (C=O) groups is 1. The first-order valence-corrected chi connectivity index (χ1v) is 7.97. The Morgan fingerprint density at radius 2 is 2.05 bits per heavy atom. The van der Waals surface area contributed by atoms with Gasteiger partial charge in [0.25, 0.3) is 0 Å². The van der Waals surface area contributed by atoms with Gasteiger partial charge in [0.2, 0.25) is 5.91 Å². The number of hydrogen-bond donors (Lipinski definition) is 2. The predicted octanol–water partition coefficient (Wildman–Crippen LogP) is 2.35. The molecule has 3 nitrogen and oxygen atoms in total. The van der Waals surface area contributed by atoms with Crippen molar-refractivity contribution in [1.29, 1.82) is 0 Å². The first-order valence-electron chi connectivity index (χ1n) is 6.92. The fourth-order valence-corrected chi connectivity index (χ4v) is 3.30. The highest BCUT2D eigenvalue weighted by atomic mass is 32.2. The van der Waals surface area contributed by atoms with Crippen LogP contribution in [-0.4, -0.2) is 30.0 Å². The number of rotatable bonds is 5. The third-order valence-electron chi connectivity index (χ3n) is 3.41. The van der Waals surface area contributed by atoms with Crippen molar-refractivity contribution in [2.24, 2.45) is 0 Å². The molecule has 1 aliphatic heterocycles. The highest BCUT2D eigenvalue weighted by Gasteiger charge is 2.16. The third kappa shape index (κ3) is 4.88. The zero-order valence-electron chi connectivity index (χ0n) is 11.4. The minimum atomic E-state index is 0.0855. The predicted molar refractivity (Wildman–Crippen MR) is 81.3 cm³/mol. The summed E-state index contributed by atoms with van der Waals surface area (Å²) < 4.78 is 0. The van der Waals surface area contributed by atoms with Gasteiger partial charge < -0.3 is 10.6 Å². The number of carbonyl (C=O) groups excluding carboxylic acids is 1. The van der Waals surface area contributed by atoms with E-state index in [0.29, 0.717) is 11.0 Å². The second-order valence-corrected chi connectivity index (χ2v) is 6.25. The molecule has 1 aliphatic rings. The maximum atomic E-state index is 11.9. The molecule has 1 atom stereocenters. The molecule has 0 unspecified atom stereocenters. The standard InChI is InChI=1S/C15H22N2OS/c1-12(13-5-3-2-4-6-13)17-15(18)11-19-14-7-9-16-10-8-14/h2-6,12,14,16H,7-11H2,1H3,(H,17,18)/t12-/m1/s1. The lowest BCUT2D eigenvalue weighted by molar-refractivity contribution is -0.119. The molecule has 0 aliphatic carbocycles. The summed E-state index contributed by atoms with van der Waals surface area (Å²) in [7, 11) is 0. The van der Waals surface area contributed by atoms with Crippen molar-refractivity contribution < 1.29 is 4.79 Å². The van der Waals surface area contributed by atoms with Crippen molar-refractivity contribution >= 4 is 17.7 Å². The van der Waals surface area contributed by atoms with Crippen LogP contribution in [-0.2, 0) is 4.79 Å². The summed E-state index contributed by atoms with van der Waals surface area (Å²) in [6.07, 6.45) is 2.35. The number of nitrogens with one attached hydrogen (secondary N) is 2. The molecule has 4 heteroatoms. The summed E-state index contributed by atoms with van der Waals surface area (Å²) in [5.74, 6) is 0.710. The van der Waals surface area contributed by atoms with Gasteiger partial charge in [-0.25, -0.2) is 0 Å². The minimum absolute atomic E-state index is 0.0855. The molecular weight excluding hydrogens is 256 g/mol. The molecule has 1 saturated heterocycles. The fourth-order valence-electron chi connectivity index (χ4n) is 2.26. The summed E-state index contributed by atoms with van der Waals surface area (Å²) in [5, 5.41) is 7.04. The topological polar surface area (TPSA) is 41.1 Å². The van der Waals surface area contributed by atoms with Crippen LogP contribution < -0.4 is 10.6 Å². The summed E-state index contributed by atoms with van der Waals surface area (Å²) in [4.78, 5) is 11.9. The average molecular weight is 278 g/mol. The second kappa shape index (κ2) is 7.56. The van der Waals surface area contributed by atoms with Gasteiger partial charge in [-0.1, -0.05) is 30.3 Å². The van der Waals surface area contributed by atoms with E-state index in [-0.39, 0.29) is 11.9 Å². The molecule has 1 fully saturated rings. The van der Waals surface area contributed by atoms with Gasteiger partial charge in [0.15, 0.2) is 0 Å². The van der Waals surface area contributed by atoms with Gasteiger partial charge in [0.05, 0.1) is 11.8 Å². The van der Waals surface area contributed by atoms with E-state index in [2.05, 4.69) is 10.6 Å². The molecule has 1 amide bonds. The minimum Gasteiger partial charge on any atom is -0.349 e. The fraction of sp³-hybridized carbons (Fsp3) is 0.533. The van der Waals surface area contributed by atoms with Crippen LogP contribution in [0, 0.1) is 0 Å². The van der Waals surface area contributed by atoms with Crippen LogP contribution in [0.15, 0.2) is 30.3 Å². The number of piperidine rings is 1. The van der Waals surface area contributed by atoms with Gasteiger partial charge in [-0.3, -0.25) is 4.79 Å². The van der Waals surface area contributed by atoms with Crippen molar-refractivity contribution in [3.05, 3.63) is 35.9 Å². The highest BCUT2D eigenvalue weighted by Crippen LogP contribution is 2.20. The Morgan fingerprint density at radius 1 is 1.37 bits per heavy atom. The SMILES string of the molecule is C[C@@H](NC(=O)CSC1CCNCC1)c1ccccc1. The van der Waals surface area contributed by atoms with Crippen molar-refractivity contribution in [2.45, 2.75) is 31.1 Å². The summed E-state index contributed by atoms with van der Waals surface area (Å²) in [6, 6.07) is 10.2. The van der Waals surface area contributed by atoms with Crippen LogP contribution in [0.1, 0.15) is 31.4 Å². The van der Waals surface area contributed by atoms with Gasteiger partial charge in [-0.15, -0.1) is 11.8 Å². The highest BCUT2D eigenvalue weighted by molar-refractivity contribution is 8.00. The zero-order valence-corrected chi connectivity index (χ0v) is 12.2. The molecule has 0 aromatic heterocycles. The quantitative estimate of drug-likeness (QED) is 0.868. The van der Waals surface area contributed by atoms with E-state index < -0.39 is 0 Å². The van der Waals surface area contributed by atoms with Gasteiger partial charge in [-0.2, -0.15) is 0 Å².